The lowest BCUT2D eigenvalue weighted by atomic mass is 10.1. The summed E-state index contributed by atoms with van der Waals surface area (Å²) in [5.41, 5.74) is 0. The van der Waals surface area contributed by atoms with E-state index in [0.29, 0.717) is 6.04 Å². The smallest absolute Gasteiger partial charge is 0.137 e. The van der Waals surface area contributed by atoms with Gasteiger partial charge < -0.3 is 5.32 Å². The highest BCUT2D eigenvalue weighted by molar-refractivity contribution is 5.85. The molecule has 1 aromatic heterocycles. The van der Waals surface area contributed by atoms with Crippen molar-refractivity contribution in [3.63, 3.8) is 0 Å². The molecule has 0 bridgehead atoms. The van der Waals surface area contributed by atoms with Crippen molar-refractivity contribution in [2.45, 2.75) is 31.8 Å². The molecule has 1 aliphatic rings. The lowest BCUT2D eigenvalue weighted by Crippen LogP contribution is -2.37. The normalized spacial score (nSPS) is 20.7. The molecular weight excluding hydrogens is 223 g/mol. The third-order valence-corrected chi connectivity index (χ3v) is 2.29. The summed E-state index contributed by atoms with van der Waals surface area (Å²) in [4.78, 5) is 3.91. The summed E-state index contributed by atoms with van der Waals surface area (Å²) in [7, 11) is 0. The second kappa shape index (κ2) is 7.04. The van der Waals surface area contributed by atoms with Gasteiger partial charge in [0.15, 0.2) is 0 Å². The standard InChI is InChI=1S/C8H14N4.2ClH/c1-2-4-10-8(3-1)5-12-7-9-6-11-12;;/h6-8,10H,1-5H2;2*1H. The molecule has 1 unspecified atom stereocenters. The van der Waals surface area contributed by atoms with E-state index in [0.717, 1.165) is 13.1 Å². The Morgan fingerprint density at radius 2 is 2.21 bits per heavy atom. The summed E-state index contributed by atoms with van der Waals surface area (Å²) in [6, 6.07) is 0.598. The van der Waals surface area contributed by atoms with Crippen LogP contribution >= 0.6 is 24.8 Å². The van der Waals surface area contributed by atoms with E-state index in [9.17, 15) is 0 Å². The molecule has 2 rings (SSSR count). The fourth-order valence-corrected chi connectivity index (χ4v) is 1.63. The lowest BCUT2D eigenvalue weighted by Gasteiger charge is -2.22. The molecule has 0 saturated carbocycles. The van der Waals surface area contributed by atoms with Gasteiger partial charge in [0, 0.05) is 6.04 Å². The molecule has 1 saturated heterocycles. The van der Waals surface area contributed by atoms with Crippen LogP contribution in [0.5, 0.6) is 0 Å². The molecule has 0 aromatic carbocycles. The highest BCUT2D eigenvalue weighted by Crippen LogP contribution is 2.07. The average molecular weight is 239 g/mol. The third kappa shape index (κ3) is 3.82. The van der Waals surface area contributed by atoms with E-state index in [2.05, 4.69) is 15.4 Å². The molecule has 1 aliphatic heterocycles. The first-order valence-electron chi connectivity index (χ1n) is 4.51. The summed E-state index contributed by atoms with van der Waals surface area (Å²) in [6.07, 6.45) is 7.28. The monoisotopic (exact) mass is 238 g/mol. The van der Waals surface area contributed by atoms with Crippen LogP contribution in [0.1, 0.15) is 19.3 Å². The first-order chi connectivity index (χ1) is 5.95. The van der Waals surface area contributed by atoms with Gasteiger partial charge in [-0.05, 0) is 19.4 Å². The molecule has 6 heteroatoms. The minimum absolute atomic E-state index is 0. The Bertz CT molecular complexity index is 221. The van der Waals surface area contributed by atoms with Crippen molar-refractivity contribution >= 4 is 24.8 Å². The predicted octanol–water partition coefficient (Wildman–Crippen LogP) is 1.26. The van der Waals surface area contributed by atoms with Gasteiger partial charge in [0.1, 0.15) is 12.7 Å². The highest BCUT2D eigenvalue weighted by Gasteiger charge is 2.12. The number of hydrogen-bond donors (Lipinski definition) is 1. The SMILES string of the molecule is Cl.Cl.c1ncn(CC2CCCCN2)n1. The zero-order valence-corrected chi connectivity index (χ0v) is 9.56. The van der Waals surface area contributed by atoms with Gasteiger partial charge in [0.25, 0.3) is 0 Å². The number of piperidine rings is 1. The topological polar surface area (TPSA) is 42.7 Å². The van der Waals surface area contributed by atoms with E-state index in [-0.39, 0.29) is 24.8 Å². The summed E-state index contributed by atoms with van der Waals surface area (Å²) in [5, 5.41) is 7.54. The number of rotatable bonds is 2. The summed E-state index contributed by atoms with van der Waals surface area (Å²) in [6.45, 7) is 2.11. The zero-order chi connectivity index (χ0) is 8.23. The summed E-state index contributed by atoms with van der Waals surface area (Å²) in [5.74, 6) is 0. The van der Waals surface area contributed by atoms with E-state index in [4.69, 9.17) is 0 Å². The first kappa shape index (κ1) is 13.7. The van der Waals surface area contributed by atoms with Crippen molar-refractivity contribution in [1.29, 1.82) is 0 Å². The molecule has 1 atom stereocenters. The minimum Gasteiger partial charge on any atom is -0.312 e. The first-order valence-corrected chi connectivity index (χ1v) is 4.51. The number of nitrogens with zero attached hydrogens (tertiary/aromatic N) is 3. The van der Waals surface area contributed by atoms with Crippen LogP contribution in [0.15, 0.2) is 12.7 Å². The molecule has 4 nitrogen and oxygen atoms in total. The number of hydrogen-bond acceptors (Lipinski definition) is 3. The molecule has 0 spiro atoms. The van der Waals surface area contributed by atoms with Gasteiger partial charge in [-0.15, -0.1) is 24.8 Å². The van der Waals surface area contributed by atoms with Gasteiger partial charge in [-0.2, -0.15) is 5.10 Å². The number of aromatic nitrogens is 3. The van der Waals surface area contributed by atoms with Crippen molar-refractivity contribution in [1.82, 2.24) is 20.1 Å². The van der Waals surface area contributed by atoms with Crippen molar-refractivity contribution in [3.05, 3.63) is 12.7 Å². The summed E-state index contributed by atoms with van der Waals surface area (Å²) >= 11 is 0. The molecule has 1 fully saturated rings. The van der Waals surface area contributed by atoms with Gasteiger partial charge in [0.2, 0.25) is 0 Å². The van der Waals surface area contributed by atoms with Gasteiger partial charge in [0.05, 0.1) is 6.54 Å². The molecule has 2 heterocycles. The lowest BCUT2D eigenvalue weighted by molar-refractivity contribution is 0.351. The van der Waals surface area contributed by atoms with Crippen molar-refractivity contribution in [2.24, 2.45) is 0 Å². The Morgan fingerprint density at radius 3 is 2.79 bits per heavy atom. The Hall–Kier alpha value is -0.320. The van der Waals surface area contributed by atoms with Gasteiger partial charge >= 0.3 is 0 Å². The van der Waals surface area contributed by atoms with Crippen LogP contribution in [0.3, 0.4) is 0 Å². The number of nitrogens with one attached hydrogen (secondary N) is 1. The van der Waals surface area contributed by atoms with Crippen LogP contribution in [-0.2, 0) is 6.54 Å². The molecule has 0 amide bonds. The van der Waals surface area contributed by atoms with Crippen LogP contribution < -0.4 is 5.32 Å². The van der Waals surface area contributed by atoms with E-state index in [1.807, 2.05) is 4.68 Å². The molecule has 1 N–H and O–H groups in total. The Kier molecular flexibility index (Phi) is 6.87. The zero-order valence-electron chi connectivity index (χ0n) is 7.93. The third-order valence-electron chi connectivity index (χ3n) is 2.29. The molecule has 0 radical (unpaired) electrons. The Balaban J connectivity index is 0.000000845. The van der Waals surface area contributed by atoms with Crippen LogP contribution in [0.4, 0.5) is 0 Å². The maximum absolute atomic E-state index is 4.08. The minimum atomic E-state index is 0. The maximum Gasteiger partial charge on any atom is 0.137 e. The molecule has 82 valence electrons. The van der Waals surface area contributed by atoms with Crippen LogP contribution in [0.2, 0.25) is 0 Å². The second-order valence-electron chi connectivity index (χ2n) is 3.26. The van der Waals surface area contributed by atoms with Gasteiger partial charge in [-0.25, -0.2) is 4.98 Å². The Labute approximate surface area is 96.3 Å². The molecular formula is C8H16Cl2N4. The Morgan fingerprint density at radius 1 is 1.36 bits per heavy atom. The summed E-state index contributed by atoms with van der Waals surface area (Å²) < 4.78 is 1.89. The fourth-order valence-electron chi connectivity index (χ4n) is 1.63. The van der Waals surface area contributed by atoms with Crippen molar-refractivity contribution in [3.8, 4) is 0 Å². The van der Waals surface area contributed by atoms with E-state index < -0.39 is 0 Å². The van der Waals surface area contributed by atoms with Crippen LogP contribution in [0.25, 0.3) is 0 Å². The quantitative estimate of drug-likeness (QED) is 0.844. The highest BCUT2D eigenvalue weighted by atomic mass is 35.5. The number of halogens is 2. The van der Waals surface area contributed by atoms with Gasteiger partial charge in [-0.1, -0.05) is 6.42 Å². The van der Waals surface area contributed by atoms with E-state index in [1.165, 1.54) is 19.3 Å². The average Bonchev–Trinajstić information content (AvgIpc) is 2.59. The van der Waals surface area contributed by atoms with Crippen molar-refractivity contribution < 1.29 is 0 Å². The maximum atomic E-state index is 4.08. The molecule has 1 aromatic rings. The van der Waals surface area contributed by atoms with Crippen LogP contribution in [-0.4, -0.2) is 27.4 Å². The van der Waals surface area contributed by atoms with E-state index >= 15 is 0 Å². The predicted molar refractivity (Wildman–Crippen MR) is 60.2 cm³/mol. The van der Waals surface area contributed by atoms with E-state index in [1.54, 1.807) is 12.7 Å². The largest absolute Gasteiger partial charge is 0.312 e. The van der Waals surface area contributed by atoms with Gasteiger partial charge in [-0.3, -0.25) is 4.68 Å². The van der Waals surface area contributed by atoms with Crippen molar-refractivity contribution in [2.75, 3.05) is 6.54 Å². The molecule has 0 aliphatic carbocycles. The molecule has 14 heavy (non-hydrogen) atoms. The fraction of sp³-hybridized carbons (Fsp3) is 0.750. The van der Waals surface area contributed by atoms with Crippen LogP contribution in [0, 0.1) is 0 Å². The second-order valence-corrected chi connectivity index (χ2v) is 3.26.